The lowest BCUT2D eigenvalue weighted by Crippen LogP contribution is -2.25. The van der Waals surface area contributed by atoms with Crippen LogP contribution in [0.5, 0.6) is 0 Å². The van der Waals surface area contributed by atoms with Crippen LogP contribution >= 0.6 is 0 Å². The molecule has 0 amide bonds. The minimum Gasteiger partial charge on any atom is -0.380 e. The molecule has 0 bridgehead atoms. The number of rotatable bonds is 2. The number of hydrogen-bond donors (Lipinski definition) is 3. The van der Waals surface area contributed by atoms with E-state index in [1.54, 1.807) is 31.2 Å². The van der Waals surface area contributed by atoms with Crippen LogP contribution in [0.1, 0.15) is 18.7 Å². The fraction of sp³-hybridized carbons (Fsp3) is 0.182. The van der Waals surface area contributed by atoms with Crippen LogP contribution in [-0.4, -0.2) is 22.4 Å². The molecular formula is C11H13N5O. The second kappa shape index (κ2) is 4.44. The second-order valence-corrected chi connectivity index (χ2v) is 3.67. The van der Waals surface area contributed by atoms with Gasteiger partial charge in [-0.2, -0.15) is 5.10 Å². The van der Waals surface area contributed by atoms with Crippen molar-refractivity contribution >= 4 is 22.9 Å². The molecule has 0 aromatic heterocycles. The van der Waals surface area contributed by atoms with Gasteiger partial charge in [0.05, 0.1) is 11.4 Å². The maximum absolute atomic E-state index is 9.17. The predicted molar refractivity (Wildman–Crippen MR) is 67.4 cm³/mol. The zero-order valence-electron chi connectivity index (χ0n) is 9.33. The molecule has 0 spiro atoms. The Labute approximate surface area is 98.4 Å². The van der Waals surface area contributed by atoms with Crippen LogP contribution in [0.2, 0.25) is 0 Å². The average molecular weight is 231 g/mol. The summed E-state index contributed by atoms with van der Waals surface area (Å²) in [6.45, 7) is 1.79. The number of amidine groups is 1. The van der Waals surface area contributed by atoms with Crippen molar-refractivity contribution < 1.29 is 5.11 Å². The maximum Gasteiger partial charge on any atom is 0.173 e. The number of aliphatic hydroxyl groups excluding tert-OH is 1. The molecule has 1 aliphatic rings. The number of aliphatic imine (C=N–C) groups is 1. The van der Waals surface area contributed by atoms with Gasteiger partial charge in [0, 0.05) is 0 Å². The highest BCUT2D eigenvalue weighted by atomic mass is 16.3. The highest BCUT2D eigenvalue weighted by molar-refractivity contribution is 6.69. The fourth-order valence-electron chi connectivity index (χ4n) is 1.42. The summed E-state index contributed by atoms with van der Waals surface area (Å²) < 4.78 is 0. The molecule has 88 valence electrons. The molecule has 5 N–H and O–H groups in total. The highest BCUT2D eigenvalue weighted by Gasteiger charge is 2.14. The number of aliphatic hydroxyl groups is 1. The Balaban J connectivity index is 2.28. The molecule has 1 heterocycles. The van der Waals surface area contributed by atoms with Gasteiger partial charge in [0.1, 0.15) is 11.9 Å². The third-order valence-corrected chi connectivity index (χ3v) is 2.37. The van der Waals surface area contributed by atoms with Crippen molar-refractivity contribution in [2.24, 2.45) is 26.7 Å². The molecular weight excluding hydrogens is 218 g/mol. The first-order valence-corrected chi connectivity index (χ1v) is 5.08. The molecule has 17 heavy (non-hydrogen) atoms. The fourth-order valence-corrected chi connectivity index (χ4v) is 1.42. The van der Waals surface area contributed by atoms with Gasteiger partial charge in [-0.1, -0.05) is 12.1 Å². The van der Waals surface area contributed by atoms with Crippen molar-refractivity contribution in [1.29, 1.82) is 0 Å². The molecule has 6 nitrogen and oxygen atoms in total. The van der Waals surface area contributed by atoms with E-state index >= 15 is 0 Å². The molecule has 0 saturated heterocycles. The van der Waals surface area contributed by atoms with Crippen LogP contribution < -0.4 is 11.5 Å². The zero-order chi connectivity index (χ0) is 12.4. The first-order chi connectivity index (χ1) is 8.08. The number of benzene rings is 1. The van der Waals surface area contributed by atoms with Gasteiger partial charge >= 0.3 is 0 Å². The Bertz CT molecular complexity index is 493. The predicted octanol–water partition coefficient (Wildman–Crippen LogP) is 0.455. The van der Waals surface area contributed by atoms with Gasteiger partial charge < -0.3 is 16.6 Å². The lowest BCUT2D eigenvalue weighted by atomic mass is 10.2. The van der Waals surface area contributed by atoms with Crippen molar-refractivity contribution in [3.63, 3.8) is 0 Å². The minimum absolute atomic E-state index is 0.311. The van der Waals surface area contributed by atoms with E-state index in [0.717, 1.165) is 0 Å². The highest BCUT2D eigenvalue weighted by Crippen LogP contribution is 2.17. The van der Waals surface area contributed by atoms with Crippen LogP contribution in [0.25, 0.3) is 0 Å². The minimum atomic E-state index is -0.974. The van der Waals surface area contributed by atoms with Crippen LogP contribution in [0.4, 0.5) is 5.69 Å². The van der Waals surface area contributed by atoms with Gasteiger partial charge in [0.25, 0.3) is 0 Å². The molecule has 1 aliphatic heterocycles. The Hall–Kier alpha value is -2.05. The molecule has 1 aromatic rings. The maximum atomic E-state index is 9.17. The van der Waals surface area contributed by atoms with Gasteiger partial charge in [0.2, 0.25) is 0 Å². The summed E-state index contributed by atoms with van der Waals surface area (Å²) in [5.41, 5.74) is 13.6. The summed E-state index contributed by atoms with van der Waals surface area (Å²) in [5, 5.41) is 16.7. The molecule has 2 rings (SSSR count). The van der Waals surface area contributed by atoms with Crippen LogP contribution in [-0.2, 0) is 0 Å². The number of nitrogens with two attached hydrogens (primary N) is 2. The quantitative estimate of drug-likeness (QED) is 0.643. The normalized spacial score (nSPS) is 19.1. The van der Waals surface area contributed by atoms with Crippen molar-refractivity contribution in [1.82, 2.24) is 0 Å². The van der Waals surface area contributed by atoms with Gasteiger partial charge in [-0.05, 0) is 24.6 Å². The van der Waals surface area contributed by atoms with E-state index in [0.29, 0.717) is 28.5 Å². The van der Waals surface area contributed by atoms with Gasteiger partial charge in [-0.3, -0.25) is 0 Å². The zero-order valence-corrected chi connectivity index (χ0v) is 9.33. The van der Waals surface area contributed by atoms with Crippen molar-refractivity contribution in [2.75, 3.05) is 0 Å². The van der Waals surface area contributed by atoms with Crippen LogP contribution in [0.15, 0.2) is 39.5 Å². The Morgan fingerprint density at radius 2 is 1.88 bits per heavy atom. The summed E-state index contributed by atoms with van der Waals surface area (Å²) in [6.07, 6.45) is -0.974. The molecule has 1 unspecified atom stereocenters. The molecule has 0 radical (unpaired) electrons. The van der Waals surface area contributed by atoms with Gasteiger partial charge in [-0.25, -0.2) is 4.99 Å². The summed E-state index contributed by atoms with van der Waals surface area (Å²) in [7, 11) is 0. The summed E-state index contributed by atoms with van der Waals surface area (Å²) in [6, 6.07) is 6.91. The first-order valence-electron chi connectivity index (χ1n) is 5.08. The number of nitrogens with zero attached hydrogens (tertiary/aromatic N) is 3. The second-order valence-electron chi connectivity index (χ2n) is 3.67. The SMILES string of the molecule is CC1=NN=C(N)C1=Nc1ccc(C(N)O)cc1. The Kier molecular flexibility index (Phi) is 2.99. The standard InChI is InChI=1S/C11H13N5O/c1-6-9(10(12)16-15-6)14-8-4-2-7(3-5-8)11(13)17/h2-5,11,17H,13H2,1H3,(H2,12,14,16). The van der Waals surface area contributed by atoms with Gasteiger partial charge in [0.15, 0.2) is 5.84 Å². The molecule has 6 heteroatoms. The summed E-state index contributed by atoms with van der Waals surface area (Å²) in [4.78, 5) is 4.33. The lowest BCUT2D eigenvalue weighted by molar-refractivity contribution is 0.186. The Morgan fingerprint density at radius 3 is 2.35 bits per heavy atom. The molecule has 0 fully saturated rings. The monoisotopic (exact) mass is 231 g/mol. The van der Waals surface area contributed by atoms with E-state index in [2.05, 4.69) is 15.2 Å². The van der Waals surface area contributed by atoms with E-state index in [-0.39, 0.29) is 0 Å². The smallest absolute Gasteiger partial charge is 0.173 e. The van der Waals surface area contributed by atoms with E-state index < -0.39 is 6.23 Å². The van der Waals surface area contributed by atoms with E-state index in [1.807, 2.05) is 0 Å². The van der Waals surface area contributed by atoms with E-state index in [9.17, 15) is 0 Å². The summed E-state index contributed by atoms with van der Waals surface area (Å²) >= 11 is 0. The van der Waals surface area contributed by atoms with Crippen LogP contribution in [0, 0.1) is 0 Å². The largest absolute Gasteiger partial charge is 0.380 e. The lowest BCUT2D eigenvalue weighted by Gasteiger charge is -2.04. The van der Waals surface area contributed by atoms with Crippen molar-refractivity contribution in [3.05, 3.63) is 29.8 Å². The van der Waals surface area contributed by atoms with Crippen molar-refractivity contribution in [2.45, 2.75) is 13.2 Å². The van der Waals surface area contributed by atoms with E-state index in [4.69, 9.17) is 16.6 Å². The molecule has 1 aromatic carbocycles. The molecule has 1 atom stereocenters. The van der Waals surface area contributed by atoms with Crippen LogP contribution in [0.3, 0.4) is 0 Å². The third-order valence-electron chi connectivity index (χ3n) is 2.37. The molecule has 0 aliphatic carbocycles. The first kappa shape index (κ1) is 11.4. The third kappa shape index (κ3) is 2.38. The molecule has 0 saturated carbocycles. The van der Waals surface area contributed by atoms with E-state index in [1.165, 1.54) is 0 Å². The van der Waals surface area contributed by atoms with Crippen molar-refractivity contribution in [3.8, 4) is 0 Å². The Morgan fingerprint density at radius 1 is 1.24 bits per heavy atom. The summed E-state index contributed by atoms with van der Waals surface area (Å²) in [5.74, 6) is 0.311. The number of hydrogen-bond acceptors (Lipinski definition) is 6. The topological polar surface area (TPSA) is 109 Å². The van der Waals surface area contributed by atoms with Gasteiger partial charge in [-0.15, -0.1) is 5.10 Å². The average Bonchev–Trinajstić information content (AvgIpc) is 2.61.